The van der Waals surface area contributed by atoms with Crippen LogP contribution in [-0.2, 0) is 0 Å². The number of benzene rings is 5. The highest BCUT2D eigenvalue weighted by molar-refractivity contribution is 7.26. The molecule has 0 saturated heterocycles. The van der Waals surface area contributed by atoms with Crippen LogP contribution >= 0.6 is 11.3 Å². The third-order valence-electron chi connectivity index (χ3n) is 8.79. The number of hydrogen-bond donors (Lipinski definition) is 0. The second-order valence-corrected chi connectivity index (χ2v) is 16.7. The van der Waals surface area contributed by atoms with Crippen LogP contribution in [0.15, 0.2) is 115 Å². The summed E-state index contributed by atoms with van der Waals surface area (Å²) in [7, 11) is -2.05. The van der Waals surface area contributed by atoms with Crippen molar-refractivity contribution in [3.8, 4) is 28.3 Å². The van der Waals surface area contributed by atoms with E-state index in [4.69, 9.17) is 9.97 Å². The molecule has 3 aromatic heterocycles. The lowest BCUT2D eigenvalue weighted by Crippen LogP contribution is -2.51. The normalized spacial score (nSPS) is 13.8. The fraction of sp³-hybridized carbons (Fsp3) is 0.0556. The van der Waals surface area contributed by atoms with E-state index in [1.807, 2.05) is 11.3 Å². The van der Waals surface area contributed by atoms with Gasteiger partial charge in [0.1, 0.15) is 8.07 Å². The first-order chi connectivity index (χ1) is 20.1. The van der Waals surface area contributed by atoms with Crippen molar-refractivity contribution in [2.24, 2.45) is 0 Å². The van der Waals surface area contributed by atoms with Crippen molar-refractivity contribution in [1.29, 1.82) is 0 Å². The first kappa shape index (κ1) is 23.2. The molecular weight excluding hydrogens is 535 g/mol. The van der Waals surface area contributed by atoms with E-state index in [0.29, 0.717) is 0 Å². The van der Waals surface area contributed by atoms with Crippen LogP contribution in [0.1, 0.15) is 0 Å². The van der Waals surface area contributed by atoms with E-state index in [1.54, 1.807) is 0 Å². The summed E-state index contributed by atoms with van der Waals surface area (Å²) in [5.74, 6) is 0.752. The summed E-state index contributed by atoms with van der Waals surface area (Å²) >= 11 is 1.88. The topological polar surface area (TPSA) is 30.7 Å². The number of para-hydroxylation sites is 1. The van der Waals surface area contributed by atoms with Crippen molar-refractivity contribution < 1.29 is 0 Å². The molecule has 0 aliphatic carbocycles. The molecule has 0 bridgehead atoms. The van der Waals surface area contributed by atoms with Gasteiger partial charge in [-0.1, -0.05) is 110 Å². The second-order valence-electron chi connectivity index (χ2n) is 11.4. The summed E-state index contributed by atoms with van der Waals surface area (Å²) in [5.41, 5.74) is 6.94. The molecule has 0 amide bonds. The monoisotopic (exact) mass is 559 g/mol. The Balaban J connectivity index is 1.43. The first-order valence-electron chi connectivity index (χ1n) is 14.0. The van der Waals surface area contributed by atoms with Gasteiger partial charge in [0, 0.05) is 47.4 Å². The Kier molecular flexibility index (Phi) is 4.65. The molecular formula is C36H25N3SSi. The van der Waals surface area contributed by atoms with Crippen LogP contribution in [0.5, 0.6) is 0 Å². The van der Waals surface area contributed by atoms with E-state index >= 15 is 0 Å². The predicted molar refractivity (Wildman–Crippen MR) is 177 cm³/mol. The number of hydrogen-bond acceptors (Lipinski definition) is 3. The van der Waals surface area contributed by atoms with Crippen LogP contribution < -0.4 is 10.5 Å². The minimum absolute atomic E-state index is 0.752. The maximum absolute atomic E-state index is 5.49. The summed E-state index contributed by atoms with van der Waals surface area (Å²) in [5, 5.41) is 7.81. The van der Waals surface area contributed by atoms with E-state index in [2.05, 4.69) is 133 Å². The van der Waals surface area contributed by atoms with Gasteiger partial charge in [-0.2, -0.15) is 0 Å². The van der Waals surface area contributed by atoms with Crippen LogP contribution in [0, 0.1) is 0 Å². The Labute approximate surface area is 242 Å². The van der Waals surface area contributed by atoms with Gasteiger partial charge in [-0.05, 0) is 28.9 Å². The zero-order valence-electron chi connectivity index (χ0n) is 22.7. The minimum atomic E-state index is -2.05. The highest BCUT2D eigenvalue weighted by Crippen LogP contribution is 2.43. The lowest BCUT2D eigenvalue weighted by molar-refractivity contribution is 1.01. The molecule has 9 rings (SSSR count). The lowest BCUT2D eigenvalue weighted by atomic mass is 10.0. The molecule has 0 radical (unpaired) electrons. The van der Waals surface area contributed by atoms with Gasteiger partial charge in [-0.25, -0.2) is 9.97 Å². The van der Waals surface area contributed by atoms with Crippen LogP contribution in [0.4, 0.5) is 0 Å². The van der Waals surface area contributed by atoms with Crippen LogP contribution in [-0.4, -0.2) is 22.6 Å². The summed E-state index contributed by atoms with van der Waals surface area (Å²) in [4.78, 5) is 10.9. The zero-order valence-corrected chi connectivity index (χ0v) is 24.5. The van der Waals surface area contributed by atoms with Gasteiger partial charge < -0.3 is 0 Å². The zero-order chi connectivity index (χ0) is 27.3. The molecule has 0 atom stereocenters. The largest absolute Gasteiger partial charge is 0.278 e. The van der Waals surface area contributed by atoms with E-state index in [9.17, 15) is 0 Å². The number of rotatable bonds is 2. The molecule has 8 aromatic rings. The molecule has 1 aliphatic heterocycles. The van der Waals surface area contributed by atoms with Crippen molar-refractivity contribution in [2.75, 3.05) is 0 Å². The van der Waals surface area contributed by atoms with Gasteiger partial charge in [0.25, 0.3) is 0 Å². The molecule has 0 unspecified atom stereocenters. The molecule has 41 heavy (non-hydrogen) atoms. The summed E-state index contributed by atoms with van der Waals surface area (Å²) in [6, 6.07) is 41.5. The molecule has 5 heteroatoms. The summed E-state index contributed by atoms with van der Waals surface area (Å²) in [6.07, 6.45) is 0. The average Bonchev–Trinajstić information content (AvgIpc) is 3.63. The van der Waals surface area contributed by atoms with Crippen LogP contribution in [0.3, 0.4) is 0 Å². The summed E-state index contributed by atoms with van der Waals surface area (Å²) in [6.45, 7) is 4.85. The van der Waals surface area contributed by atoms with Crippen LogP contribution in [0.2, 0.25) is 13.1 Å². The SMILES string of the molecule is C[Si]1(C)c2ccccc2-c2c(-c3ccccc3)nc(-n3c4ccccc4c4c5sc6ccccc6c5ccc43)nc21. The van der Waals surface area contributed by atoms with Crippen LogP contribution in [0.25, 0.3) is 70.3 Å². The molecule has 194 valence electrons. The Morgan fingerprint density at radius 3 is 2.24 bits per heavy atom. The van der Waals surface area contributed by atoms with Gasteiger partial charge in [0.05, 0.1) is 16.7 Å². The maximum atomic E-state index is 5.49. The number of nitrogens with zero attached hydrogens (tertiary/aromatic N) is 3. The van der Waals surface area contributed by atoms with Gasteiger partial charge >= 0.3 is 0 Å². The highest BCUT2D eigenvalue weighted by atomic mass is 32.1. The number of thiophene rings is 1. The quantitative estimate of drug-likeness (QED) is 0.199. The highest BCUT2D eigenvalue weighted by Gasteiger charge is 2.41. The molecule has 1 aliphatic rings. The van der Waals surface area contributed by atoms with Gasteiger partial charge in [-0.15, -0.1) is 11.3 Å². The smallest absolute Gasteiger partial charge is 0.235 e. The van der Waals surface area contributed by atoms with Gasteiger partial charge in [-0.3, -0.25) is 4.57 Å². The Bertz CT molecular complexity index is 2350. The molecule has 4 heterocycles. The first-order valence-corrected chi connectivity index (χ1v) is 17.8. The third kappa shape index (κ3) is 3.07. The average molecular weight is 560 g/mol. The van der Waals surface area contributed by atoms with Crippen molar-refractivity contribution in [1.82, 2.24) is 14.5 Å². The minimum Gasteiger partial charge on any atom is -0.278 e. The molecule has 3 nitrogen and oxygen atoms in total. The lowest BCUT2D eigenvalue weighted by Gasteiger charge is -2.19. The number of aromatic nitrogens is 3. The van der Waals surface area contributed by atoms with Gasteiger partial charge in [0.2, 0.25) is 5.95 Å². The van der Waals surface area contributed by atoms with E-state index in [0.717, 1.165) is 28.2 Å². The second kappa shape index (κ2) is 8.23. The third-order valence-corrected chi connectivity index (χ3v) is 13.3. The molecule has 0 spiro atoms. The maximum Gasteiger partial charge on any atom is 0.235 e. The Hall–Kier alpha value is -4.58. The molecule has 5 aromatic carbocycles. The van der Waals surface area contributed by atoms with E-state index in [-0.39, 0.29) is 0 Å². The van der Waals surface area contributed by atoms with Crippen molar-refractivity contribution in [3.05, 3.63) is 115 Å². The fourth-order valence-electron chi connectivity index (χ4n) is 6.89. The standard InChI is InChI=1S/C36H25N3SSi/c1-41(2)30-19-11-8-16-26(30)32-33(22-12-4-3-5-13-22)37-36(38-35(32)41)39-27-17-9-6-15-25(27)31-28(39)21-20-24-23-14-7-10-18-29(23)40-34(24)31/h3-21H,1-2H3. The molecule has 0 fully saturated rings. The Morgan fingerprint density at radius 1 is 0.634 bits per heavy atom. The molecule has 0 saturated carbocycles. The van der Waals surface area contributed by atoms with Crippen molar-refractivity contribution >= 4 is 71.9 Å². The Morgan fingerprint density at radius 2 is 1.37 bits per heavy atom. The van der Waals surface area contributed by atoms with E-state index in [1.165, 1.54) is 52.6 Å². The number of fused-ring (bicyclic) bond motifs is 10. The summed E-state index contributed by atoms with van der Waals surface area (Å²) < 4.78 is 4.94. The fourth-order valence-corrected chi connectivity index (χ4v) is 11.1. The molecule has 0 N–H and O–H groups in total. The van der Waals surface area contributed by atoms with E-state index < -0.39 is 8.07 Å². The predicted octanol–water partition coefficient (Wildman–Crippen LogP) is 8.41. The van der Waals surface area contributed by atoms with Gasteiger partial charge in [0.15, 0.2) is 0 Å². The van der Waals surface area contributed by atoms with Crippen molar-refractivity contribution in [3.63, 3.8) is 0 Å². The van der Waals surface area contributed by atoms with Crippen molar-refractivity contribution in [2.45, 2.75) is 13.1 Å².